The quantitative estimate of drug-likeness (QED) is 0.791. The Morgan fingerprint density at radius 3 is 2.79 bits per heavy atom. The fourth-order valence-corrected chi connectivity index (χ4v) is 4.39. The smallest absolute Gasteiger partial charge is 0.306 e. The maximum absolute atomic E-state index is 13.6. The number of carbonyl (C=O) groups is 2. The lowest BCUT2D eigenvalue weighted by molar-refractivity contribution is -0.142. The number of halogens is 1. The molecule has 2 aromatic rings. The summed E-state index contributed by atoms with van der Waals surface area (Å²) in [4.78, 5) is 24.2. The minimum atomic E-state index is -0.751. The van der Waals surface area contributed by atoms with Crippen molar-refractivity contribution in [3.05, 3.63) is 47.0 Å². The Kier molecular flexibility index (Phi) is 5.15. The minimum Gasteiger partial charge on any atom is -0.481 e. The lowest BCUT2D eigenvalue weighted by Gasteiger charge is -2.16. The molecule has 0 bridgehead atoms. The van der Waals surface area contributed by atoms with Crippen molar-refractivity contribution in [1.29, 1.82) is 0 Å². The summed E-state index contributed by atoms with van der Waals surface area (Å²) in [5, 5.41) is 16.8. The van der Waals surface area contributed by atoms with Crippen LogP contribution in [0.5, 0.6) is 0 Å². The number of fused-ring (bicyclic) bond motifs is 1. The summed E-state index contributed by atoms with van der Waals surface area (Å²) in [5.41, 5.74) is 2.95. The molecule has 1 saturated carbocycles. The Hall–Kier alpha value is -2.70. The topological polar surface area (TPSA) is 84.2 Å². The summed E-state index contributed by atoms with van der Waals surface area (Å²) in [6, 6.07) is 6.20. The SMILES string of the molecule is O=C(NC1CCCC(C(=O)O)CC1)c1nn(-c2cccc(F)c2)c2c1CCC2. The van der Waals surface area contributed by atoms with E-state index in [4.69, 9.17) is 0 Å². The van der Waals surface area contributed by atoms with E-state index in [0.717, 1.165) is 43.4 Å². The number of benzene rings is 1. The lowest BCUT2D eigenvalue weighted by atomic mass is 10.0. The van der Waals surface area contributed by atoms with E-state index in [1.165, 1.54) is 12.1 Å². The Balaban J connectivity index is 1.54. The molecule has 6 nitrogen and oxygen atoms in total. The number of nitrogens with zero attached hydrogens (tertiary/aromatic N) is 2. The third-order valence-corrected chi connectivity index (χ3v) is 5.85. The van der Waals surface area contributed by atoms with Crippen LogP contribution in [0.2, 0.25) is 0 Å². The normalized spacial score (nSPS) is 21.8. The van der Waals surface area contributed by atoms with Crippen molar-refractivity contribution in [3.63, 3.8) is 0 Å². The fourth-order valence-electron chi connectivity index (χ4n) is 4.39. The van der Waals surface area contributed by atoms with Crippen LogP contribution in [0.4, 0.5) is 4.39 Å². The first kappa shape index (κ1) is 18.7. The van der Waals surface area contributed by atoms with Crippen molar-refractivity contribution in [2.45, 2.75) is 57.4 Å². The highest BCUT2D eigenvalue weighted by Crippen LogP contribution is 2.29. The Morgan fingerprint density at radius 2 is 2.00 bits per heavy atom. The fraction of sp³-hybridized carbons (Fsp3) is 0.476. The van der Waals surface area contributed by atoms with Gasteiger partial charge in [0.25, 0.3) is 5.91 Å². The molecular weight excluding hydrogens is 361 g/mol. The van der Waals surface area contributed by atoms with Gasteiger partial charge in [-0.2, -0.15) is 5.10 Å². The predicted molar refractivity (Wildman–Crippen MR) is 101 cm³/mol. The Bertz CT molecular complexity index is 908. The second kappa shape index (κ2) is 7.73. The number of amides is 1. The molecule has 2 unspecified atom stereocenters. The van der Waals surface area contributed by atoms with Gasteiger partial charge in [0.05, 0.1) is 11.6 Å². The first-order valence-corrected chi connectivity index (χ1v) is 9.93. The van der Waals surface area contributed by atoms with Gasteiger partial charge in [0.15, 0.2) is 5.69 Å². The molecule has 7 heteroatoms. The van der Waals surface area contributed by atoms with Gasteiger partial charge < -0.3 is 10.4 Å². The van der Waals surface area contributed by atoms with Crippen LogP contribution in [-0.4, -0.2) is 32.8 Å². The average Bonchev–Trinajstić information content (AvgIpc) is 3.18. The van der Waals surface area contributed by atoms with Gasteiger partial charge in [0.2, 0.25) is 0 Å². The van der Waals surface area contributed by atoms with Crippen LogP contribution in [0.1, 0.15) is 60.3 Å². The number of carboxylic acid groups (broad SMARTS) is 1. The molecule has 1 aromatic heterocycles. The van der Waals surface area contributed by atoms with Gasteiger partial charge in [-0.05, 0) is 63.1 Å². The van der Waals surface area contributed by atoms with Crippen molar-refractivity contribution >= 4 is 11.9 Å². The number of aliphatic carboxylic acids is 1. The second-order valence-corrected chi connectivity index (χ2v) is 7.73. The molecule has 1 aromatic carbocycles. The molecule has 1 fully saturated rings. The summed E-state index contributed by atoms with van der Waals surface area (Å²) in [5.74, 6) is -1.62. The molecule has 148 valence electrons. The maximum Gasteiger partial charge on any atom is 0.306 e. The molecular formula is C21H24FN3O3. The number of hydrogen-bond acceptors (Lipinski definition) is 3. The van der Waals surface area contributed by atoms with Crippen molar-refractivity contribution in [3.8, 4) is 5.69 Å². The maximum atomic E-state index is 13.6. The van der Waals surface area contributed by atoms with Crippen LogP contribution in [0.25, 0.3) is 5.69 Å². The minimum absolute atomic E-state index is 0.0341. The molecule has 2 aliphatic rings. The number of carbonyl (C=O) groups excluding carboxylic acids is 1. The van der Waals surface area contributed by atoms with E-state index >= 15 is 0 Å². The second-order valence-electron chi connectivity index (χ2n) is 7.73. The molecule has 1 amide bonds. The van der Waals surface area contributed by atoms with Crippen LogP contribution < -0.4 is 5.32 Å². The summed E-state index contributed by atoms with van der Waals surface area (Å²) >= 11 is 0. The Labute approximate surface area is 162 Å². The highest BCUT2D eigenvalue weighted by molar-refractivity contribution is 5.94. The predicted octanol–water partition coefficient (Wildman–Crippen LogP) is 3.26. The van der Waals surface area contributed by atoms with Crippen molar-refractivity contribution < 1.29 is 19.1 Å². The molecule has 1 heterocycles. The zero-order chi connectivity index (χ0) is 19.7. The molecule has 4 rings (SSSR count). The third-order valence-electron chi connectivity index (χ3n) is 5.85. The molecule has 2 N–H and O–H groups in total. The number of nitrogens with one attached hydrogen (secondary N) is 1. The molecule has 2 aliphatic carbocycles. The van der Waals surface area contributed by atoms with E-state index in [9.17, 15) is 19.1 Å². The van der Waals surface area contributed by atoms with Crippen LogP contribution in [0.15, 0.2) is 24.3 Å². The summed E-state index contributed by atoms with van der Waals surface area (Å²) in [6.45, 7) is 0. The van der Waals surface area contributed by atoms with Gasteiger partial charge in [-0.15, -0.1) is 0 Å². The monoisotopic (exact) mass is 385 g/mol. The number of rotatable bonds is 4. The number of carboxylic acids is 1. The van der Waals surface area contributed by atoms with E-state index in [-0.39, 0.29) is 23.7 Å². The standard InChI is InChI=1S/C21H24FN3O3/c22-14-5-2-7-16(12-14)25-18-9-3-8-17(18)19(24-25)20(26)23-15-6-1-4-13(10-11-15)21(27)28/h2,5,7,12-13,15H,1,3-4,6,8-11H2,(H,23,26)(H,27,28). The Morgan fingerprint density at radius 1 is 1.14 bits per heavy atom. The van der Waals surface area contributed by atoms with Gasteiger partial charge in [0.1, 0.15) is 5.82 Å². The highest BCUT2D eigenvalue weighted by atomic mass is 19.1. The van der Waals surface area contributed by atoms with E-state index in [0.29, 0.717) is 30.6 Å². The molecule has 0 radical (unpaired) electrons. The zero-order valence-electron chi connectivity index (χ0n) is 15.7. The highest BCUT2D eigenvalue weighted by Gasteiger charge is 2.29. The lowest BCUT2D eigenvalue weighted by Crippen LogP contribution is -2.35. The van der Waals surface area contributed by atoms with Gasteiger partial charge in [0, 0.05) is 17.3 Å². The molecule has 28 heavy (non-hydrogen) atoms. The first-order chi connectivity index (χ1) is 13.5. The van der Waals surface area contributed by atoms with Gasteiger partial charge in [-0.25, -0.2) is 9.07 Å². The van der Waals surface area contributed by atoms with E-state index in [1.54, 1.807) is 16.8 Å². The van der Waals surface area contributed by atoms with E-state index in [2.05, 4.69) is 10.4 Å². The van der Waals surface area contributed by atoms with Crippen LogP contribution in [0, 0.1) is 11.7 Å². The van der Waals surface area contributed by atoms with E-state index in [1.807, 2.05) is 0 Å². The average molecular weight is 385 g/mol. The number of hydrogen-bond donors (Lipinski definition) is 2. The molecule has 2 atom stereocenters. The van der Waals surface area contributed by atoms with Crippen molar-refractivity contribution in [2.75, 3.05) is 0 Å². The summed E-state index contributed by atoms with van der Waals surface area (Å²) < 4.78 is 15.3. The first-order valence-electron chi connectivity index (χ1n) is 9.93. The largest absolute Gasteiger partial charge is 0.481 e. The number of aromatic nitrogens is 2. The van der Waals surface area contributed by atoms with E-state index < -0.39 is 5.97 Å². The molecule has 0 aliphatic heterocycles. The van der Waals surface area contributed by atoms with Crippen molar-refractivity contribution in [2.24, 2.45) is 5.92 Å². The summed E-state index contributed by atoms with van der Waals surface area (Å²) in [6.07, 6.45) is 6.03. The van der Waals surface area contributed by atoms with Gasteiger partial charge >= 0.3 is 5.97 Å². The van der Waals surface area contributed by atoms with Gasteiger partial charge in [-0.1, -0.05) is 12.5 Å². The van der Waals surface area contributed by atoms with Crippen LogP contribution in [-0.2, 0) is 17.6 Å². The molecule has 0 saturated heterocycles. The molecule has 0 spiro atoms. The summed E-state index contributed by atoms with van der Waals surface area (Å²) in [7, 11) is 0. The van der Waals surface area contributed by atoms with Gasteiger partial charge in [-0.3, -0.25) is 9.59 Å². The van der Waals surface area contributed by atoms with Crippen LogP contribution in [0.3, 0.4) is 0 Å². The third kappa shape index (κ3) is 3.66. The van der Waals surface area contributed by atoms with Crippen molar-refractivity contribution in [1.82, 2.24) is 15.1 Å². The van der Waals surface area contributed by atoms with Crippen LogP contribution >= 0.6 is 0 Å². The zero-order valence-corrected chi connectivity index (χ0v) is 15.7.